The second kappa shape index (κ2) is 3.50. The fraction of sp³-hybridized carbons (Fsp3) is 0.533. The number of fused-ring (bicyclic) bond motifs is 2. The lowest BCUT2D eigenvalue weighted by Crippen LogP contribution is -2.45. The van der Waals surface area contributed by atoms with Crippen molar-refractivity contribution in [3.8, 4) is 11.5 Å². The van der Waals surface area contributed by atoms with Gasteiger partial charge in [0.25, 0.3) is 0 Å². The van der Waals surface area contributed by atoms with Crippen molar-refractivity contribution in [2.75, 3.05) is 13.7 Å². The van der Waals surface area contributed by atoms with Gasteiger partial charge in [0.15, 0.2) is 5.60 Å². The lowest BCUT2D eigenvalue weighted by molar-refractivity contribution is 0.129. The molecule has 1 fully saturated rings. The number of hydrogen-bond donors (Lipinski definition) is 0. The zero-order valence-electron chi connectivity index (χ0n) is 10.6. The summed E-state index contributed by atoms with van der Waals surface area (Å²) in [5, 5.41) is 0. The second-order valence-corrected chi connectivity index (χ2v) is 5.44. The summed E-state index contributed by atoms with van der Waals surface area (Å²) >= 11 is 0. The van der Waals surface area contributed by atoms with Crippen LogP contribution in [0.4, 0.5) is 0 Å². The zero-order valence-corrected chi connectivity index (χ0v) is 10.6. The highest BCUT2D eigenvalue weighted by atomic mass is 16.5. The van der Waals surface area contributed by atoms with Gasteiger partial charge in [-0.05, 0) is 43.9 Å². The zero-order chi connectivity index (χ0) is 12.2. The van der Waals surface area contributed by atoms with Crippen LogP contribution < -0.4 is 9.47 Å². The molecule has 1 aromatic carbocycles. The van der Waals surface area contributed by atoms with E-state index in [2.05, 4.69) is 6.07 Å². The van der Waals surface area contributed by atoms with Gasteiger partial charge in [-0.25, -0.2) is 0 Å². The lowest BCUT2D eigenvalue weighted by atomic mass is 9.75. The fourth-order valence-corrected chi connectivity index (χ4v) is 3.72. The third kappa shape index (κ3) is 1.17. The number of benzene rings is 1. The van der Waals surface area contributed by atoms with Crippen LogP contribution >= 0.6 is 0 Å². The predicted octanol–water partition coefficient (Wildman–Crippen LogP) is 2.94. The van der Waals surface area contributed by atoms with Gasteiger partial charge in [-0.3, -0.25) is 4.99 Å². The molecule has 2 aliphatic heterocycles. The minimum absolute atomic E-state index is 0.104. The van der Waals surface area contributed by atoms with Crippen LogP contribution in [-0.2, 0) is 0 Å². The SMILES string of the molecule is COc1ccc2c(c1)C1CN=C3CCCCC31O2. The molecule has 2 heterocycles. The molecular formula is C15H17NO2. The first-order valence-electron chi connectivity index (χ1n) is 6.74. The monoisotopic (exact) mass is 243 g/mol. The van der Waals surface area contributed by atoms with Crippen LogP contribution in [0.3, 0.4) is 0 Å². The average molecular weight is 243 g/mol. The molecule has 2 unspecified atom stereocenters. The van der Waals surface area contributed by atoms with Gasteiger partial charge in [0.1, 0.15) is 11.5 Å². The molecule has 0 aromatic heterocycles. The van der Waals surface area contributed by atoms with Gasteiger partial charge in [0.05, 0.1) is 25.3 Å². The van der Waals surface area contributed by atoms with Gasteiger partial charge >= 0.3 is 0 Å². The molecule has 0 radical (unpaired) electrons. The Kier molecular flexibility index (Phi) is 2.02. The first-order chi connectivity index (χ1) is 8.83. The Morgan fingerprint density at radius 1 is 1.39 bits per heavy atom. The van der Waals surface area contributed by atoms with Crippen LogP contribution in [0.15, 0.2) is 23.2 Å². The Bertz CT molecular complexity index is 537. The van der Waals surface area contributed by atoms with E-state index in [1.54, 1.807) is 7.11 Å². The van der Waals surface area contributed by atoms with E-state index in [1.165, 1.54) is 24.1 Å². The maximum absolute atomic E-state index is 6.34. The summed E-state index contributed by atoms with van der Waals surface area (Å²) in [6.45, 7) is 0.884. The van der Waals surface area contributed by atoms with E-state index < -0.39 is 0 Å². The normalized spacial score (nSPS) is 32.1. The van der Waals surface area contributed by atoms with Crippen molar-refractivity contribution in [1.82, 2.24) is 0 Å². The van der Waals surface area contributed by atoms with Gasteiger partial charge in [-0.15, -0.1) is 0 Å². The van der Waals surface area contributed by atoms with E-state index in [1.807, 2.05) is 12.1 Å². The van der Waals surface area contributed by atoms with Crippen molar-refractivity contribution in [3.05, 3.63) is 23.8 Å². The molecule has 0 bridgehead atoms. The van der Waals surface area contributed by atoms with E-state index in [9.17, 15) is 0 Å². The molecule has 1 saturated carbocycles. The van der Waals surface area contributed by atoms with Crippen molar-refractivity contribution in [2.45, 2.75) is 37.2 Å². The van der Waals surface area contributed by atoms with Crippen molar-refractivity contribution in [1.29, 1.82) is 0 Å². The van der Waals surface area contributed by atoms with Crippen molar-refractivity contribution in [3.63, 3.8) is 0 Å². The van der Waals surface area contributed by atoms with Gasteiger partial charge in [0.2, 0.25) is 0 Å². The number of ether oxygens (including phenoxy) is 2. The Morgan fingerprint density at radius 3 is 3.22 bits per heavy atom. The van der Waals surface area contributed by atoms with Crippen LogP contribution in [0.25, 0.3) is 0 Å². The third-order valence-electron chi connectivity index (χ3n) is 4.61. The smallest absolute Gasteiger partial charge is 0.155 e. The summed E-state index contributed by atoms with van der Waals surface area (Å²) in [6.07, 6.45) is 4.74. The first-order valence-corrected chi connectivity index (χ1v) is 6.74. The molecule has 18 heavy (non-hydrogen) atoms. The first kappa shape index (κ1) is 10.4. The average Bonchev–Trinajstić information content (AvgIpc) is 2.90. The molecule has 0 amide bonds. The quantitative estimate of drug-likeness (QED) is 0.759. The summed E-state index contributed by atoms with van der Waals surface area (Å²) < 4.78 is 11.7. The van der Waals surface area contributed by atoms with Gasteiger partial charge in [-0.2, -0.15) is 0 Å². The molecule has 1 spiro atoms. The molecule has 1 aliphatic carbocycles. The third-order valence-corrected chi connectivity index (χ3v) is 4.61. The standard InChI is InChI=1S/C15H17NO2/c1-17-10-5-6-13-11(8-10)12-9-16-14-4-2-3-7-15(12,14)18-13/h5-6,8,12H,2-4,7,9H2,1H3. The second-order valence-electron chi connectivity index (χ2n) is 5.44. The number of rotatable bonds is 1. The predicted molar refractivity (Wildman–Crippen MR) is 69.9 cm³/mol. The van der Waals surface area contributed by atoms with Crippen LogP contribution in [-0.4, -0.2) is 25.0 Å². The number of nitrogens with zero attached hydrogens (tertiary/aromatic N) is 1. The van der Waals surface area contributed by atoms with Crippen LogP contribution in [0.2, 0.25) is 0 Å². The van der Waals surface area contributed by atoms with Crippen LogP contribution in [0.5, 0.6) is 11.5 Å². The van der Waals surface area contributed by atoms with Gasteiger partial charge in [-0.1, -0.05) is 0 Å². The molecule has 1 aromatic rings. The molecule has 0 N–H and O–H groups in total. The summed E-state index contributed by atoms with van der Waals surface area (Å²) in [5.41, 5.74) is 2.48. The minimum Gasteiger partial charge on any atom is -0.497 e. The molecule has 2 atom stereocenters. The Labute approximate surface area is 107 Å². The topological polar surface area (TPSA) is 30.8 Å². The number of aliphatic imine (C=N–C) groups is 1. The summed E-state index contributed by atoms with van der Waals surface area (Å²) in [5.74, 6) is 2.37. The highest BCUT2D eigenvalue weighted by Crippen LogP contribution is 2.53. The van der Waals surface area contributed by atoms with Gasteiger partial charge in [0, 0.05) is 5.56 Å². The van der Waals surface area contributed by atoms with Crippen molar-refractivity contribution < 1.29 is 9.47 Å². The van der Waals surface area contributed by atoms with E-state index in [0.29, 0.717) is 5.92 Å². The Hall–Kier alpha value is -1.51. The molecule has 94 valence electrons. The van der Waals surface area contributed by atoms with Crippen molar-refractivity contribution >= 4 is 5.71 Å². The minimum atomic E-state index is -0.104. The van der Waals surface area contributed by atoms with E-state index in [0.717, 1.165) is 30.9 Å². The molecule has 4 rings (SSSR count). The Morgan fingerprint density at radius 2 is 2.33 bits per heavy atom. The maximum atomic E-state index is 6.34. The van der Waals surface area contributed by atoms with Crippen molar-refractivity contribution in [2.24, 2.45) is 4.99 Å². The highest BCUT2D eigenvalue weighted by molar-refractivity contribution is 5.97. The summed E-state index contributed by atoms with van der Waals surface area (Å²) in [6, 6.07) is 6.16. The summed E-state index contributed by atoms with van der Waals surface area (Å²) in [7, 11) is 1.71. The summed E-state index contributed by atoms with van der Waals surface area (Å²) in [4.78, 5) is 4.74. The van der Waals surface area contributed by atoms with Crippen LogP contribution in [0, 0.1) is 0 Å². The highest BCUT2D eigenvalue weighted by Gasteiger charge is 2.55. The van der Waals surface area contributed by atoms with E-state index >= 15 is 0 Å². The number of methoxy groups -OCH3 is 1. The van der Waals surface area contributed by atoms with E-state index in [-0.39, 0.29) is 5.60 Å². The molecule has 3 nitrogen and oxygen atoms in total. The van der Waals surface area contributed by atoms with E-state index in [4.69, 9.17) is 14.5 Å². The van der Waals surface area contributed by atoms with Gasteiger partial charge < -0.3 is 9.47 Å². The molecule has 3 aliphatic rings. The maximum Gasteiger partial charge on any atom is 0.155 e. The van der Waals surface area contributed by atoms with Crippen LogP contribution in [0.1, 0.15) is 37.2 Å². The fourth-order valence-electron chi connectivity index (χ4n) is 3.72. The molecule has 3 heteroatoms. The molecule has 0 saturated heterocycles. The number of hydrogen-bond acceptors (Lipinski definition) is 3. The Balaban J connectivity index is 1.80. The molecular weight excluding hydrogens is 226 g/mol. The largest absolute Gasteiger partial charge is 0.497 e. The lowest BCUT2D eigenvalue weighted by Gasteiger charge is -2.34.